The van der Waals surface area contributed by atoms with Crippen molar-refractivity contribution in [3.63, 3.8) is 0 Å². The highest BCUT2D eigenvalue weighted by Crippen LogP contribution is 2.34. The van der Waals surface area contributed by atoms with Crippen LogP contribution in [0.2, 0.25) is 5.02 Å². The van der Waals surface area contributed by atoms with E-state index in [9.17, 15) is 9.18 Å². The minimum Gasteiger partial charge on any atom is -0.465 e. The summed E-state index contributed by atoms with van der Waals surface area (Å²) in [5.41, 5.74) is 2.15. The van der Waals surface area contributed by atoms with E-state index in [1.807, 2.05) is 12.3 Å². The number of ether oxygens (including phenoxy) is 1. The van der Waals surface area contributed by atoms with Gasteiger partial charge in [-0.3, -0.25) is 0 Å². The van der Waals surface area contributed by atoms with E-state index in [1.165, 1.54) is 30.6 Å². The molecule has 0 saturated heterocycles. The van der Waals surface area contributed by atoms with E-state index in [4.69, 9.17) is 16.3 Å². The van der Waals surface area contributed by atoms with Gasteiger partial charge in [0.1, 0.15) is 10.7 Å². The van der Waals surface area contributed by atoms with Crippen LogP contribution in [-0.2, 0) is 4.74 Å². The van der Waals surface area contributed by atoms with Crippen LogP contribution in [0.3, 0.4) is 0 Å². The third kappa shape index (κ3) is 2.40. The Labute approximate surface area is 113 Å². The zero-order valence-electron chi connectivity index (χ0n) is 9.79. The van der Waals surface area contributed by atoms with Gasteiger partial charge in [-0.2, -0.15) is 0 Å². The number of carbonyl (C=O) groups is 1. The average Bonchev–Trinajstić information content (AvgIpc) is 2.69. The zero-order valence-corrected chi connectivity index (χ0v) is 11.4. The number of benzene rings is 1. The molecule has 0 fully saturated rings. The van der Waals surface area contributed by atoms with Gasteiger partial charge in [0, 0.05) is 10.6 Å². The molecule has 0 spiro atoms. The lowest BCUT2D eigenvalue weighted by molar-refractivity contribution is 0.0607. The Morgan fingerprint density at radius 1 is 1.39 bits per heavy atom. The maximum Gasteiger partial charge on any atom is 0.348 e. The van der Waals surface area contributed by atoms with Crippen molar-refractivity contribution in [2.24, 2.45) is 0 Å². The Kier molecular flexibility index (Phi) is 3.68. The number of aryl methyl sites for hydroxylation is 1. The van der Waals surface area contributed by atoms with Crippen LogP contribution in [-0.4, -0.2) is 13.1 Å². The monoisotopic (exact) mass is 284 g/mol. The van der Waals surface area contributed by atoms with Crippen molar-refractivity contribution >= 4 is 28.9 Å². The number of thiophene rings is 1. The molecule has 18 heavy (non-hydrogen) atoms. The van der Waals surface area contributed by atoms with Gasteiger partial charge < -0.3 is 4.74 Å². The second-order valence-electron chi connectivity index (χ2n) is 3.77. The highest BCUT2D eigenvalue weighted by molar-refractivity contribution is 7.12. The van der Waals surface area contributed by atoms with E-state index in [0.717, 1.165) is 5.56 Å². The second-order valence-corrected chi connectivity index (χ2v) is 5.09. The molecule has 0 radical (unpaired) electrons. The van der Waals surface area contributed by atoms with Crippen LogP contribution in [0.15, 0.2) is 23.6 Å². The number of methoxy groups -OCH3 is 1. The number of rotatable bonds is 2. The van der Waals surface area contributed by atoms with Crippen molar-refractivity contribution in [3.05, 3.63) is 44.9 Å². The lowest BCUT2D eigenvalue weighted by atomic mass is 10.0. The number of esters is 1. The molecule has 0 N–H and O–H groups in total. The Balaban J connectivity index is 2.62. The highest BCUT2D eigenvalue weighted by atomic mass is 35.5. The van der Waals surface area contributed by atoms with Crippen LogP contribution in [0.5, 0.6) is 0 Å². The lowest BCUT2D eigenvalue weighted by Crippen LogP contribution is -2.00. The highest BCUT2D eigenvalue weighted by Gasteiger charge is 2.18. The van der Waals surface area contributed by atoms with Crippen LogP contribution in [0.4, 0.5) is 4.39 Å². The first-order valence-corrected chi connectivity index (χ1v) is 6.41. The van der Waals surface area contributed by atoms with Crippen molar-refractivity contribution in [2.75, 3.05) is 7.11 Å². The number of carbonyl (C=O) groups excluding carboxylic acids is 1. The quantitative estimate of drug-likeness (QED) is 0.769. The maximum absolute atomic E-state index is 13.4. The van der Waals surface area contributed by atoms with Gasteiger partial charge in [-0.25, -0.2) is 9.18 Å². The van der Waals surface area contributed by atoms with E-state index >= 15 is 0 Å². The number of hydrogen-bond donors (Lipinski definition) is 0. The summed E-state index contributed by atoms with van der Waals surface area (Å²) in [6, 6.07) is 4.21. The molecule has 1 heterocycles. The molecule has 0 amide bonds. The first-order chi connectivity index (χ1) is 8.52. The molecule has 0 bridgehead atoms. The third-order valence-corrected chi connectivity index (χ3v) is 3.79. The molecule has 94 valence electrons. The standard InChI is InChI=1S/C13H10ClFO2S/c1-7-6-18-12(13(16)17-2)11(7)8-3-9(14)5-10(15)4-8/h3-6H,1-2H3. The fraction of sp³-hybridized carbons (Fsp3) is 0.154. The smallest absolute Gasteiger partial charge is 0.348 e. The van der Waals surface area contributed by atoms with Gasteiger partial charge in [-0.15, -0.1) is 11.3 Å². The fourth-order valence-electron chi connectivity index (χ4n) is 1.74. The molecule has 2 rings (SSSR count). The predicted octanol–water partition coefficient (Wildman–Crippen LogP) is 4.30. The fourth-order valence-corrected chi connectivity index (χ4v) is 2.95. The predicted molar refractivity (Wildman–Crippen MR) is 70.8 cm³/mol. The SMILES string of the molecule is COC(=O)c1scc(C)c1-c1cc(F)cc(Cl)c1. The van der Waals surface area contributed by atoms with E-state index < -0.39 is 11.8 Å². The molecule has 0 saturated carbocycles. The molecule has 1 aromatic carbocycles. The number of halogens is 2. The Bertz CT molecular complexity index is 587. The van der Waals surface area contributed by atoms with Crippen LogP contribution in [0, 0.1) is 12.7 Å². The van der Waals surface area contributed by atoms with Gasteiger partial charge in [-0.05, 0) is 41.6 Å². The van der Waals surface area contributed by atoms with Crippen molar-refractivity contribution < 1.29 is 13.9 Å². The summed E-state index contributed by atoms with van der Waals surface area (Å²) >= 11 is 7.11. The minimum absolute atomic E-state index is 0.298. The van der Waals surface area contributed by atoms with Gasteiger partial charge in [0.2, 0.25) is 0 Å². The van der Waals surface area contributed by atoms with E-state index in [2.05, 4.69) is 0 Å². The Morgan fingerprint density at radius 2 is 2.11 bits per heavy atom. The normalized spacial score (nSPS) is 10.4. The van der Waals surface area contributed by atoms with Crippen LogP contribution < -0.4 is 0 Å². The summed E-state index contributed by atoms with van der Waals surface area (Å²) in [6.07, 6.45) is 0. The molecule has 0 aliphatic rings. The van der Waals surface area contributed by atoms with Crippen LogP contribution >= 0.6 is 22.9 Å². The summed E-state index contributed by atoms with van der Waals surface area (Å²) in [5, 5.41) is 2.13. The molecular weight excluding hydrogens is 275 g/mol. The first-order valence-electron chi connectivity index (χ1n) is 5.16. The summed E-state index contributed by atoms with van der Waals surface area (Å²) in [4.78, 5) is 12.1. The largest absolute Gasteiger partial charge is 0.465 e. The van der Waals surface area contributed by atoms with Crippen molar-refractivity contribution in [3.8, 4) is 11.1 Å². The second kappa shape index (κ2) is 5.08. The molecule has 0 aliphatic heterocycles. The van der Waals surface area contributed by atoms with Gasteiger partial charge >= 0.3 is 5.97 Å². The van der Waals surface area contributed by atoms with E-state index in [-0.39, 0.29) is 0 Å². The zero-order chi connectivity index (χ0) is 13.3. The molecule has 0 aliphatic carbocycles. The van der Waals surface area contributed by atoms with Crippen molar-refractivity contribution in [1.82, 2.24) is 0 Å². The maximum atomic E-state index is 13.4. The van der Waals surface area contributed by atoms with Crippen LogP contribution in [0.1, 0.15) is 15.2 Å². The number of hydrogen-bond acceptors (Lipinski definition) is 3. The molecule has 0 atom stereocenters. The van der Waals surface area contributed by atoms with Gasteiger partial charge in [0.05, 0.1) is 7.11 Å². The summed E-state index contributed by atoms with van der Waals surface area (Å²) in [5.74, 6) is -0.859. The third-order valence-electron chi connectivity index (χ3n) is 2.50. The molecular formula is C13H10ClFO2S. The minimum atomic E-state index is -0.432. The Morgan fingerprint density at radius 3 is 2.72 bits per heavy atom. The van der Waals surface area contributed by atoms with E-state index in [1.54, 1.807) is 6.07 Å². The average molecular weight is 285 g/mol. The summed E-state index contributed by atoms with van der Waals surface area (Å²) in [6.45, 7) is 1.86. The summed E-state index contributed by atoms with van der Waals surface area (Å²) < 4.78 is 18.1. The summed E-state index contributed by atoms with van der Waals surface area (Å²) in [7, 11) is 1.32. The van der Waals surface area contributed by atoms with Gasteiger partial charge in [-0.1, -0.05) is 11.6 Å². The van der Waals surface area contributed by atoms with Crippen molar-refractivity contribution in [1.29, 1.82) is 0 Å². The van der Waals surface area contributed by atoms with Gasteiger partial charge in [0.25, 0.3) is 0 Å². The molecule has 1 aromatic heterocycles. The molecule has 2 aromatic rings. The topological polar surface area (TPSA) is 26.3 Å². The van der Waals surface area contributed by atoms with Crippen LogP contribution in [0.25, 0.3) is 11.1 Å². The lowest BCUT2D eigenvalue weighted by Gasteiger charge is -2.05. The molecule has 2 nitrogen and oxygen atoms in total. The van der Waals surface area contributed by atoms with E-state index in [0.29, 0.717) is 21.0 Å². The van der Waals surface area contributed by atoms with Crippen molar-refractivity contribution in [2.45, 2.75) is 6.92 Å². The first kappa shape index (κ1) is 13.1. The molecule has 5 heteroatoms. The van der Waals surface area contributed by atoms with Gasteiger partial charge in [0.15, 0.2) is 0 Å². The Hall–Kier alpha value is -1.39. The molecule has 0 unspecified atom stereocenters.